The van der Waals surface area contributed by atoms with E-state index in [2.05, 4.69) is 0 Å². The molecule has 0 radical (unpaired) electrons. The summed E-state index contributed by atoms with van der Waals surface area (Å²) in [7, 11) is 0. The Morgan fingerprint density at radius 1 is 1.25 bits per heavy atom. The average Bonchev–Trinajstić information content (AvgIpc) is 2.25. The van der Waals surface area contributed by atoms with Gasteiger partial charge in [0.2, 0.25) is 11.8 Å². The smallest absolute Gasteiger partial charge is 0.235 e. The molecule has 0 aromatic heterocycles. The maximum absolute atomic E-state index is 11.5. The number of primary amides is 1. The molecule has 0 aliphatic heterocycles. The van der Waals surface area contributed by atoms with Crippen molar-refractivity contribution in [2.24, 2.45) is 5.73 Å². The largest absolute Gasteiger partial charge is 0.370 e. The molecule has 0 spiro atoms. The maximum Gasteiger partial charge on any atom is 0.235 e. The van der Waals surface area contributed by atoms with Crippen LogP contribution in [0.3, 0.4) is 0 Å². The summed E-state index contributed by atoms with van der Waals surface area (Å²) in [6, 6.07) is 0. The molecule has 0 aromatic carbocycles. The summed E-state index contributed by atoms with van der Waals surface area (Å²) in [5.41, 5.74) is 4.97. The highest BCUT2D eigenvalue weighted by molar-refractivity contribution is 5.77. The summed E-state index contributed by atoms with van der Waals surface area (Å²) in [6.07, 6.45) is 5.48. The molecule has 2 amide bonds. The third-order valence-electron chi connectivity index (χ3n) is 2.22. The number of carbonyl (C=O) groups is 2. The van der Waals surface area contributed by atoms with Crippen molar-refractivity contribution in [3.63, 3.8) is 0 Å². The predicted molar refractivity (Wildman–Crippen MR) is 59.9 cm³/mol. The Kier molecular flexibility index (Phi) is 7.86. The van der Waals surface area contributed by atoms with Crippen LogP contribution < -0.4 is 5.73 Å². The normalized spacial score (nSPS) is 9.50. The Morgan fingerprint density at radius 2 is 1.88 bits per heavy atom. The molecule has 0 fully saturated rings. The minimum Gasteiger partial charge on any atom is -0.370 e. The summed E-state index contributed by atoms with van der Waals surface area (Å²) < 4.78 is 0. The van der Waals surface area contributed by atoms with Crippen molar-refractivity contribution in [2.75, 3.05) is 6.54 Å². The highest BCUT2D eigenvalue weighted by Gasteiger charge is 2.11. The number of nitrogens with two attached hydrogens (primary N) is 1. The SMILES string of the molecule is CCCCN(C#N)C(=O)CCCCC(N)=O. The first kappa shape index (κ1) is 14.4. The number of unbranched alkanes of at least 4 members (excludes halogenated alkanes) is 2. The summed E-state index contributed by atoms with van der Waals surface area (Å²) in [5, 5.41) is 8.75. The number of carbonyl (C=O) groups excluding carboxylic acids is 2. The number of amides is 2. The molecule has 2 N–H and O–H groups in total. The van der Waals surface area contributed by atoms with Crippen LogP contribution in [0.25, 0.3) is 0 Å². The zero-order chi connectivity index (χ0) is 12.4. The molecule has 5 heteroatoms. The third-order valence-corrected chi connectivity index (χ3v) is 2.22. The van der Waals surface area contributed by atoms with Gasteiger partial charge in [-0.2, -0.15) is 5.26 Å². The van der Waals surface area contributed by atoms with Crippen LogP contribution in [0, 0.1) is 11.5 Å². The summed E-state index contributed by atoms with van der Waals surface area (Å²) in [5.74, 6) is -0.518. The number of nitrogens with zero attached hydrogens (tertiary/aromatic N) is 2. The standard InChI is InChI=1S/C11H19N3O2/c1-2-3-8-14(9-12)11(16)7-5-4-6-10(13)15/h2-8H2,1H3,(H2,13,15). The molecule has 0 saturated heterocycles. The van der Waals surface area contributed by atoms with Crippen molar-refractivity contribution < 1.29 is 9.59 Å². The van der Waals surface area contributed by atoms with Gasteiger partial charge < -0.3 is 5.73 Å². The van der Waals surface area contributed by atoms with E-state index in [0.717, 1.165) is 12.8 Å². The van der Waals surface area contributed by atoms with Crippen LogP contribution in [0.15, 0.2) is 0 Å². The van der Waals surface area contributed by atoms with Crippen molar-refractivity contribution in [3.05, 3.63) is 0 Å². The van der Waals surface area contributed by atoms with Gasteiger partial charge in [0.1, 0.15) is 0 Å². The number of rotatable bonds is 8. The molecule has 0 aliphatic carbocycles. The molecule has 0 unspecified atom stereocenters. The zero-order valence-electron chi connectivity index (χ0n) is 9.74. The van der Waals surface area contributed by atoms with E-state index in [9.17, 15) is 9.59 Å². The summed E-state index contributed by atoms with van der Waals surface area (Å²) in [6.45, 7) is 2.49. The van der Waals surface area contributed by atoms with Gasteiger partial charge in [-0.05, 0) is 19.3 Å². The predicted octanol–water partition coefficient (Wildman–Crippen LogP) is 1.14. The van der Waals surface area contributed by atoms with Crippen molar-refractivity contribution in [1.82, 2.24) is 4.90 Å². The van der Waals surface area contributed by atoms with Gasteiger partial charge in [0.25, 0.3) is 0 Å². The highest BCUT2D eigenvalue weighted by Crippen LogP contribution is 2.04. The van der Waals surface area contributed by atoms with Gasteiger partial charge in [-0.15, -0.1) is 0 Å². The lowest BCUT2D eigenvalue weighted by atomic mass is 10.1. The molecule has 0 rings (SSSR count). The highest BCUT2D eigenvalue weighted by atomic mass is 16.2. The number of nitriles is 1. The second-order valence-electron chi connectivity index (χ2n) is 3.67. The maximum atomic E-state index is 11.5. The van der Waals surface area contributed by atoms with Crippen LogP contribution in [0.5, 0.6) is 0 Å². The van der Waals surface area contributed by atoms with Gasteiger partial charge in [0.05, 0.1) is 0 Å². The molecule has 0 bridgehead atoms. The van der Waals surface area contributed by atoms with Gasteiger partial charge >= 0.3 is 0 Å². The van der Waals surface area contributed by atoms with Crippen LogP contribution in [0.1, 0.15) is 45.4 Å². The van der Waals surface area contributed by atoms with E-state index in [1.54, 1.807) is 0 Å². The monoisotopic (exact) mass is 225 g/mol. The molecule has 90 valence electrons. The van der Waals surface area contributed by atoms with Gasteiger partial charge in [0, 0.05) is 19.4 Å². The van der Waals surface area contributed by atoms with Gasteiger partial charge in [-0.25, -0.2) is 4.90 Å². The first-order valence-corrected chi connectivity index (χ1v) is 5.60. The van der Waals surface area contributed by atoms with Crippen LogP contribution >= 0.6 is 0 Å². The lowest BCUT2D eigenvalue weighted by Gasteiger charge is -2.12. The second-order valence-corrected chi connectivity index (χ2v) is 3.67. The minimum atomic E-state index is -0.351. The second kappa shape index (κ2) is 8.72. The van der Waals surface area contributed by atoms with Crippen LogP contribution in [0.4, 0.5) is 0 Å². The van der Waals surface area contributed by atoms with Crippen LogP contribution in [-0.2, 0) is 9.59 Å². The quantitative estimate of drug-likeness (QED) is 0.382. The molecular formula is C11H19N3O2. The van der Waals surface area contributed by atoms with E-state index in [-0.39, 0.29) is 11.8 Å². The Balaban J connectivity index is 3.76. The van der Waals surface area contributed by atoms with E-state index in [0.29, 0.717) is 32.2 Å². The molecular weight excluding hydrogens is 206 g/mol. The molecule has 5 nitrogen and oxygen atoms in total. The lowest BCUT2D eigenvalue weighted by Crippen LogP contribution is -2.26. The molecule has 0 atom stereocenters. The summed E-state index contributed by atoms with van der Waals surface area (Å²) >= 11 is 0. The number of hydrogen-bond donors (Lipinski definition) is 1. The fraction of sp³-hybridized carbons (Fsp3) is 0.727. The van der Waals surface area contributed by atoms with Crippen molar-refractivity contribution in [1.29, 1.82) is 5.26 Å². The average molecular weight is 225 g/mol. The van der Waals surface area contributed by atoms with E-state index < -0.39 is 0 Å². The molecule has 0 saturated carbocycles. The van der Waals surface area contributed by atoms with Crippen molar-refractivity contribution in [2.45, 2.75) is 45.4 Å². The zero-order valence-corrected chi connectivity index (χ0v) is 9.74. The Morgan fingerprint density at radius 3 is 2.38 bits per heavy atom. The molecule has 0 aliphatic rings. The Labute approximate surface area is 96.2 Å². The Bertz CT molecular complexity index is 271. The van der Waals surface area contributed by atoms with Crippen molar-refractivity contribution in [3.8, 4) is 6.19 Å². The van der Waals surface area contributed by atoms with Crippen LogP contribution in [-0.4, -0.2) is 23.3 Å². The first-order valence-electron chi connectivity index (χ1n) is 5.60. The van der Waals surface area contributed by atoms with Gasteiger partial charge in [-0.3, -0.25) is 9.59 Å². The fourth-order valence-corrected chi connectivity index (χ4v) is 1.26. The summed E-state index contributed by atoms with van der Waals surface area (Å²) in [4.78, 5) is 23.2. The molecule has 0 heterocycles. The third kappa shape index (κ3) is 6.82. The minimum absolute atomic E-state index is 0.166. The van der Waals surface area contributed by atoms with E-state index in [1.807, 2.05) is 13.1 Å². The Hall–Kier alpha value is -1.57. The van der Waals surface area contributed by atoms with E-state index in [1.165, 1.54) is 4.90 Å². The van der Waals surface area contributed by atoms with Gasteiger partial charge in [0.15, 0.2) is 6.19 Å². The fourth-order valence-electron chi connectivity index (χ4n) is 1.26. The molecule has 0 aromatic rings. The van der Waals surface area contributed by atoms with E-state index in [4.69, 9.17) is 11.0 Å². The first-order chi connectivity index (χ1) is 7.61. The lowest BCUT2D eigenvalue weighted by molar-refractivity contribution is -0.128. The number of hydrogen-bond acceptors (Lipinski definition) is 3. The molecule has 16 heavy (non-hydrogen) atoms. The topological polar surface area (TPSA) is 87.2 Å². The van der Waals surface area contributed by atoms with E-state index >= 15 is 0 Å². The van der Waals surface area contributed by atoms with Crippen LogP contribution in [0.2, 0.25) is 0 Å². The van der Waals surface area contributed by atoms with Gasteiger partial charge in [-0.1, -0.05) is 13.3 Å². The van der Waals surface area contributed by atoms with Crippen molar-refractivity contribution >= 4 is 11.8 Å².